The van der Waals surface area contributed by atoms with Crippen molar-refractivity contribution in [1.82, 2.24) is 4.98 Å². The summed E-state index contributed by atoms with van der Waals surface area (Å²) < 4.78 is 28.3. The number of hydrogen-bond donors (Lipinski definition) is 0. The number of halogens is 3. The number of rotatable bonds is 3. The average Bonchev–Trinajstić information content (AvgIpc) is 2.06. The highest BCUT2D eigenvalue weighted by Crippen LogP contribution is 2.17. The standard InChI is InChI=1S/C8H8ClF2NO/c1-5-2-3-6(9)12-8(5)13-4-7(10)11/h2-3,7H,4H2,1H3. The maximum atomic E-state index is 11.8. The van der Waals surface area contributed by atoms with Crippen LogP contribution in [0.3, 0.4) is 0 Å². The third kappa shape index (κ3) is 3.14. The molecule has 0 radical (unpaired) electrons. The monoisotopic (exact) mass is 207 g/mol. The minimum absolute atomic E-state index is 0.160. The van der Waals surface area contributed by atoms with Crippen LogP contribution < -0.4 is 4.74 Å². The fraction of sp³-hybridized carbons (Fsp3) is 0.375. The molecule has 13 heavy (non-hydrogen) atoms. The Bertz CT molecular complexity index is 293. The molecule has 1 rings (SSSR count). The molecule has 1 aromatic heterocycles. The second-order valence-electron chi connectivity index (χ2n) is 2.46. The molecule has 0 amide bonds. The van der Waals surface area contributed by atoms with Gasteiger partial charge in [-0.1, -0.05) is 17.7 Å². The Morgan fingerprint density at radius 1 is 1.54 bits per heavy atom. The van der Waals surface area contributed by atoms with E-state index in [2.05, 4.69) is 4.98 Å². The Hall–Kier alpha value is -0.900. The number of nitrogens with zero attached hydrogens (tertiary/aromatic N) is 1. The number of alkyl halides is 2. The molecule has 0 N–H and O–H groups in total. The Morgan fingerprint density at radius 3 is 2.85 bits per heavy atom. The van der Waals surface area contributed by atoms with Crippen LogP contribution in [-0.2, 0) is 0 Å². The van der Waals surface area contributed by atoms with E-state index in [0.717, 1.165) is 0 Å². The van der Waals surface area contributed by atoms with Crippen LogP contribution in [-0.4, -0.2) is 18.0 Å². The molecule has 0 aliphatic carbocycles. The molecule has 0 saturated heterocycles. The summed E-state index contributed by atoms with van der Waals surface area (Å²) in [6, 6.07) is 3.24. The highest BCUT2D eigenvalue weighted by molar-refractivity contribution is 6.29. The Balaban J connectivity index is 2.70. The molecule has 0 aliphatic heterocycles. The predicted octanol–water partition coefficient (Wildman–Crippen LogP) is 2.69. The van der Waals surface area contributed by atoms with Crippen molar-refractivity contribution < 1.29 is 13.5 Å². The van der Waals surface area contributed by atoms with Crippen molar-refractivity contribution in [2.24, 2.45) is 0 Å². The summed E-state index contributed by atoms with van der Waals surface area (Å²) in [5.74, 6) is 0.160. The molecular formula is C8H8ClF2NO. The third-order valence-electron chi connectivity index (χ3n) is 1.36. The van der Waals surface area contributed by atoms with Crippen LogP contribution in [0.2, 0.25) is 5.15 Å². The lowest BCUT2D eigenvalue weighted by molar-refractivity contribution is 0.0792. The van der Waals surface area contributed by atoms with Gasteiger partial charge < -0.3 is 4.74 Å². The first kappa shape index (κ1) is 10.2. The van der Waals surface area contributed by atoms with Gasteiger partial charge in [0, 0.05) is 5.56 Å². The zero-order chi connectivity index (χ0) is 9.84. The van der Waals surface area contributed by atoms with Crippen molar-refractivity contribution in [3.8, 4) is 5.88 Å². The molecule has 0 aliphatic rings. The molecule has 1 heterocycles. The summed E-state index contributed by atoms with van der Waals surface area (Å²) in [5.41, 5.74) is 0.685. The van der Waals surface area contributed by atoms with Gasteiger partial charge >= 0.3 is 0 Å². The van der Waals surface area contributed by atoms with E-state index in [-0.39, 0.29) is 11.0 Å². The van der Waals surface area contributed by atoms with Crippen LogP contribution in [0.15, 0.2) is 12.1 Å². The van der Waals surface area contributed by atoms with Crippen LogP contribution >= 0.6 is 11.6 Å². The smallest absolute Gasteiger partial charge is 0.272 e. The van der Waals surface area contributed by atoms with Crippen molar-refractivity contribution in [2.75, 3.05) is 6.61 Å². The number of aromatic nitrogens is 1. The van der Waals surface area contributed by atoms with E-state index in [1.165, 1.54) is 0 Å². The minimum atomic E-state index is -2.50. The highest BCUT2D eigenvalue weighted by atomic mass is 35.5. The molecule has 0 spiro atoms. The molecule has 0 fully saturated rings. The second-order valence-corrected chi connectivity index (χ2v) is 2.85. The molecule has 0 saturated carbocycles. The van der Waals surface area contributed by atoms with E-state index in [1.54, 1.807) is 19.1 Å². The summed E-state index contributed by atoms with van der Waals surface area (Å²) in [6.45, 7) is 1.05. The lowest BCUT2D eigenvalue weighted by atomic mass is 10.3. The molecule has 1 aromatic rings. The van der Waals surface area contributed by atoms with Crippen molar-refractivity contribution in [2.45, 2.75) is 13.3 Å². The van der Waals surface area contributed by atoms with E-state index >= 15 is 0 Å². The zero-order valence-electron chi connectivity index (χ0n) is 6.93. The number of aryl methyl sites for hydroxylation is 1. The average molecular weight is 208 g/mol. The van der Waals surface area contributed by atoms with Gasteiger partial charge in [-0.25, -0.2) is 13.8 Å². The van der Waals surface area contributed by atoms with E-state index < -0.39 is 13.0 Å². The SMILES string of the molecule is Cc1ccc(Cl)nc1OCC(F)F. The van der Waals surface area contributed by atoms with E-state index in [1.807, 2.05) is 0 Å². The second kappa shape index (κ2) is 4.37. The molecule has 5 heteroatoms. The molecule has 0 atom stereocenters. The van der Waals surface area contributed by atoms with Gasteiger partial charge in [0.05, 0.1) is 0 Å². The van der Waals surface area contributed by atoms with Crippen LogP contribution in [0.25, 0.3) is 0 Å². The normalized spacial score (nSPS) is 10.5. The first-order valence-electron chi connectivity index (χ1n) is 3.63. The molecule has 0 unspecified atom stereocenters. The lowest BCUT2D eigenvalue weighted by Gasteiger charge is -2.06. The van der Waals surface area contributed by atoms with Gasteiger partial charge in [-0.15, -0.1) is 0 Å². The number of hydrogen-bond acceptors (Lipinski definition) is 2. The first-order valence-corrected chi connectivity index (χ1v) is 4.01. The lowest BCUT2D eigenvalue weighted by Crippen LogP contribution is -2.08. The Kier molecular flexibility index (Phi) is 3.42. The van der Waals surface area contributed by atoms with E-state index in [0.29, 0.717) is 5.56 Å². The van der Waals surface area contributed by atoms with Crippen LogP contribution in [0.5, 0.6) is 5.88 Å². The predicted molar refractivity (Wildman–Crippen MR) is 45.5 cm³/mol. The van der Waals surface area contributed by atoms with Gasteiger partial charge in [-0.05, 0) is 13.0 Å². The van der Waals surface area contributed by atoms with Gasteiger partial charge in [-0.2, -0.15) is 0 Å². The van der Waals surface area contributed by atoms with Crippen molar-refractivity contribution >= 4 is 11.6 Å². The first-order chi connectivity index (χ1) is 6.09. The number of ether oxygens (including phenoxy) is 1. The van der Waals surface area contributed by atoms with Crippen LogP contribution in [0.4, 0.5) is 8.78 Å². The molecular weight excluding hydrogens is 200 g/mol. The van der Waals surface area contributed by atoms with E-state index in [4.69, 9.17) is 16.3 Å². The van der Waals surface area contributed by atoms with Gasteiger partial charge in [0.2, 0.25) is 5.88 Å². The van der Waals surface area contributed by atoms with Gasteiger partial charge in [0.1, 0.15) is 5.15 Å². The Morgan fingerprint density at radius 2 is 2.23 bits per heavy atom. The van der Waals surface area contributed by atoms with Crippen LogP contribution in [0.1, 0.15) is 5.56 Å². The van der Waals surface area contributed by atoms with Crippen molar-refractivity contribution in [3.63, 3.8) is 0 Å². The summed E-state index contributed by atoms with van der Waals surface area (Å²) in [6.07, 6.45) is -2.50. The summed E-state index contributed by atoms with van der Waals surface area (Å²) in [5, 5.41) is 0.231. The molecule has 72 valence electrons. The summed E-state index contributed by atoms with van der Waals surface area (Å²) >= 11 is 5.55. The molecule has 0 bridgehead atoms. The maximum absolute atomic E-state index is 11.8. The highest BCUT2D eigenvalue weighted by Gasteiger charge is 2.07. The van der Waals surface area contributed by atoms with Gasteiger partial charge in [-0.3, -0.25) is 0 Å². The quantitative estimate of drug-likeness (QED) is 0.711. The van der Waals surface area contributed by atoms with Crippen molar-refractivity contribution in [1.29, 1.82) is 0 Å². The molecule has 2 nitrogen and oxygen atoms in total. The maximum Gasteiger partial charge on any atom is 0.272 e. The summed E-state index contributed by atoms with van der Waals surface area (Å²) in [4.78, 5) is 3.75. The zero-order valence-corrected chi connectivity index (χ0v) is 7.68. The van der Waals surface area contributed by atoms with Crippen LogP contribution in [0, 0.1) is 6.92 Å². The molecule has 0 aromatic carbocycles. The minimum Gasteiger partial charge on any atom is -0.471 e. The Labute approximate surface area is 79.5 Å². The largest absolute Gasteiger partial charge is 0.471 e. The summed E-state index contributed by atoms with van der Waals surface area (Å²) in [7, 11) is 0. The van der Waals surface area contributed by atoms with Gasteiger partial charge in [0.25, 0.3) is 6.43 Å². The fourth-order valence-corrected chi connectivity index (χ4v) is 0.915. The van der Waals surface area contributed by atoms with E-state index in [9.17, 15) is 8.78 Å². The topological polar surface area (TPSA) is 22.1 Å². The fourth-order valence-electron chi connectivity index (χ4n) is 0.776. The van der Waals surface area contributed by atoms with Crippen molar-refractivity contribution in [3.05, 3.63) is 22.8 Å². The third-order valence-corrected chi connectivity index (χ3v) is 1.57. The van der Waals surface area contributed by atoms with Gasteiger partial charge in [0.15, 0.2) is 6.61 Å². The number of pyridine rings is 1.